The minimum absolute atomic E-state index is 0.211. The fourth-order valence-corrected chi connectivity index (χ4v) is 1.66. The lowest BCUT2D eigenvalue weighted by Gasteiger charge is -2.10. The van der Waals surface area contributed by atoms with Gasteiger partial charge in [-0.15, -0.1) is 0 Å². The van der Waals surface area contributed by atoms with E-state index >= 15 is 0 Å². The summed E-state index contributed by atoms with van der Waals surface area (Å²) in [6.45, 7) is 1.48. The SMILES string of the molecule is NCCCCCC1CC[N]C1F. The van der Waals surface area contributed by atoms with E-state index in [1.807, 2.05) is 0 Å². The molecular weight excluding hydrogens is 155 g/mol. The average molecular weight is 173 g/mol. The largest absolute Gasteiger partial charge is 0.330 e. The van der Waals surface area contributed by atoms with E-state index in [-0.39, 0.29) is 5.92 Å². The van der Waals surface area contributed by atoms with Gasteiger partial charge < -0.3 is 5.73 Å². The Bertz CT molecular complexity index is 119. The van der Waals surface area contributed by atoms with Crippen molar-refractivity contribution in [2.24, 2.45) is 11.7 Å². The predicted molar refractivity (Wildman–Crippen MR) is 47.5 cm³/mol. The zero-order valence-corrected chi connectivity index (χ0v) is 7.51. The zero-order chi connectivity index (χ0) is 8.81. The maximum atomic E-state index is 12.9. The second-order valence-electron chi connectivity index (χ2n) is 3.47. The third-order valence-electron chi connectivity index (χ3n) is 2.47. The molecule has 0 amide bonds. The normalized spacial score (nSPS) is 29.5. The molecule has 1 fully saturated rings. The molecule has 0 spiro atoms. The van der Waals surface area contributed by atoms with Crippen molar-refractivity contribution in [2.75, 3.05) is 13.1 Å². The van der Waals surface area contributed by atoms with Gasteiger partial charge in [0, 0.05) is 12.5 Å². The topological polar surface area (TPSA) is 40.1 Å². The van der Waals surface area contributed by atoms with Crippen LogP contribution < -0.4 is 11.1 Å². The molecule has 0 saturated carbocycles. The van der Waals surface area contributed by atoms with Gasteiger partial charge in [-0.3, -0.25) is 0 Å². The summed E-state index contributed by atoms with van der Waals surface area (Å²) >= 11 is 0. The Hall–Kier alpha value is -0.150. The molecule has 0 aliphatic carbocycles. The summed E-state index contributed by atoms with van der Waals surface area (Å²) in [5.74, 6) is 0.211. The Morgan fingerprint density at radius 3 is 2.75 bits per heavy atom. The maximum Gasteiger partial charge on any atom is 0.169 e. The highest BCUT2D eigenvalue weighted by molar-refractivity contribution is 4.75. The molecule has 1 aliphatic heterocycles. The van der Waals surface area contributed by atoms with Crippen LogP contribution in [0.15, 0.2) is 0 Å². The summed E-state index contributed by atoms with van der Waals surface area (Å²) in [6.07, 6.45) is 4.38. The van der Waals surface area contributed by atoms with E-state index in [4.69, 9.17) is 5.73 Å². The van der Waals surface area contributed by atoms with Crippen molar-refractivity contribution < 1.29 is 4.39 Å². The highest BCUT2D eigenvalue weighted by Crippen LogP contribution is 2.23. The second kappa shape index (κ2) is 5.49. The number of hydrogen-bond acceptors (Lipinski definition) is 1. The lowest BCUT2D eigenvalue weighted by Crippen LogP contribution is -2.15. The van der Waals surface area contributed by atoms with Gasteiger partial charge in [-0.1, -0.05) is 12.8 Å². The molecular formula is C9H18FN2. The van der Waals surface area contributed by atoms with Crippen LogP contribution in [0.25, 0.3) is 0 Å². The molecule has 3 heteroatoms. The summed E-state index contributed by atoms with van der Waals surface area (Å²) in [6, 6.07) is 0. The fourth-order valence-electron chi connectivity index (χ4n) is 1.66. The summed E-state index contributed by atoms with van der Waals surface area (Å²) in [4.78, 5) is 0. The Morgan fingerprint density at radius 1 is 1.33 bits per heavy atom. The smallest absolute Gasteiger partial charge is 0.169 e. The van der Waals surface area contributed by atoms with Gasteiger partial charge in [-0.25, -0.2) is 9.71 Å². The molecule has 0 aromatic heterocycles. The Labute approximate surface area is 73.7 Å². The Kier molecular flexibility index (Phi) is 4.54. The van der Waals surface area contributed by atoms with Gasteiger partial charge in [0.05, 0.1) is 0 Å². The first kappa shape index (κ1) is 9.93. The van der Waals surface area contributed by atoms with E-state index in [1.54, 1.807) is 0 Å². The van der Waals surface area contributed by atoms with Crippen molar-refractivity contribution in [2.45, 2.75) is 38.4 Å². The van der Waals surface area contributed by atoms with Gasteiger partial charge in [-0.05, 0) is 25.8 Å². The van der Waals surface area contributed by atoms with E-state index in [2.05, 4.69) is 5.32 Å². The molecule has 1 saturated heterocycles. The summed E-state index contributed by atoms with van der Waals surface area (Å²) in [5.41, 5.74) is 5.36. The third kappa shape index (κ3) is 3.07. The Morgan fingerprint density at radius 2 is 2.17 bits per heavy atom. The van der Waals surface area contributed by atoms with E-state index in [1.165, 1.54) is 0 Å². The number of unbranched alkanes of at least 4 members (excludes halogenated alkanes) is 2. The summed E-state index contributed by atoms with van der Waals surface area (Å²) in [7, 11) is 0. The fraction of sp³-hybridized carbons (Fsp3) is 1.00. The van der Waals surface area contributed by atoms with Crippen LogP contribution in [0.1, 0.15) is 32.1 Å². The second-order valence-corrected chi connectivity index (χ2v) is 3.47. The average Bonchev–Trinajstić information content (AvgIpc) is 2.46. The van der Waals surface area contributed by atoms with Gasteiger partial charge in [-0.2, -0.15) is 0 Å². The molecule has 2 atom stereocenters. The number of halogens is 1. The first-order valence-corrected chi connectivity index (χ1v) is 4.85. The lowest BCUT2D eigenvalue weighted by molar-refractivity contribution is 0.222. The monoisotopic (exact) mass is 173 g/mol. The van der Waals surface area contributed by atoms with Crippen molar-refractivity contribution in [3.8, 4) is 0 Å². The number of hydrogen-bond donors (Lipinski definition) is 1. The third-order valence-corrected chi connectivity index (χ3v) is 2.47. The summed E-state index contributed by atoms with van der Waals surface area (Å²) < 4.78 is 12.9. The quantitative estimate of drug-likeness (QED) is 0.496. The van der Waals surface area contributed by atoms with Gasteiger partial charge in [0.1, 0.15) is 0 Å². The highest BCUT2D eigenvalue weighted by Gasteiger charge is 2.26. The Balaban J connectivity index is 1.98. The molecule has 2 N–H and O–H groups in total. The van der Waals surface area contributed by atoms with Crippen LogP contribution in [-0.4, -0.2) is 19.4 Å². The van der Waals surface area contributed by atoms with E-state index < -0.39 is 6.30 Å². The molecule has 1 rings (SSSR count). The molecule has 0 aromatic rings. The highest BCUT2D eigenvalue weighted by atomic mass is 19.1. The van der Waals surface area contributed by atoms with Crippen LogP contribution in [0.3, 0.4) is 0 Å². The molecule has 1 heterocycles. The standard InChI is InChI=1S/C9H18FN2/c10-9-8(5-7-12-9)4-2-1-3-6-11/h8-9H,1-7,11H2. The zero-order valence-electron chi connectivity index (χ0n) is 7.51. The van der Waals surface area contributed by atoms with Crippen molar-refractivity contribution in [3.05, 3.63) is 0 Å². The van der Waals surface area contributed by atoms with Gasteiger partial charge in [0.25, 0.3) is 0 Å². The first-order chi connectivity index (χ1) is 5.84. The first-order valence-electron chi connectivity index (χ1n) is 4.85. The molecule has 0 bridgehead atoms. The number of rotatable bonds is 5. The van der Waals surface area contributed by atoms with E-state index in [9.17, 15) is 4.39 Å². The maximum absolute atomic E-state index is 12.9. The van der Waals surface area contributed by atoms with E-state index in [0.29, 0.717) is 0 Å². The number of alkyl halides is 1. The predicted octanol–water partition coefficient (Wildman–Crippen LogP) is 1.43. The van der Waals surface area contributed by atoms with Crippen molar-refractivity contribution in [1.29, 1.82) is 0 Å². The van der Waals surface area contributed by atoms with Crippen molar-refractivity contribution >= 4 is 0 Å². The molecule has 2 unspecified atom stereocenters. The summed E-state index contributed by atoms with van der Waals surface area (Å²) in [5, 5.41) is 3.83. The number of nitrogens with two attached hydrogens (primary N) is 1. The molecule has 1 radical (unpaired) electrons. The van der Waals surface area contributed by atoms with Gasteiger partial charge >= 0.3 is 0 Å². The van der Waals surface area contributed by atoms with Crippen molar-refractivity contribution in [1.82, 2.24) is 5.32 Å². The minimum atomic E-state index is -0.872. The van der Waals surface area contributed by atoms with Crippen LogP contribution in [0.5, 0.6) is 0 Å². The number of nitrogens with zero attached hydrogens (tertiary/aromatic N) is 1. The molecule has 0 aromatic carbocycles. The molecule has 12 heavy (non-hydrogen) atoms. The van der Waals surface area contributed by atoms with Crippen LogP contribution in [0.4, 0.5) is 4.39 Å². The van der Waals surface area contributed by atoms with Crippen LogP contribution in [-0.2, 0) is 0 Å². The van der Waals surface area contributed by atoms with Gasteiger partial charge in [0.15, 0.2) is 6.30 Å². The van der Waals surface area contributed by atoms with Crippen LogP contribution in [0, 0.1) is 5.92 Å². The van der Waals surface area contributed by atoms with E-state index in [0.717, 1.165) is 45.2 Å². The lowest BCUT2D eigenvalue weighted by atomic mass is 10.00. The molecule has 2 nitrogen and oxygen atoms in total. The molecule has 1 aliphatic rings. The minimum Gasteiger partial charge on any atom is -0.330 e. The van der Waals surface area contributed by atoms with Crippen LogP contribution >= 0.6 is 0 Å². The van der Waals surface area contributed by atoms with Gasteiger partial charge in [0.2, 0.25) is 0 Å². The van der Waals surface area contributed by atoms with Crippen LogP contribution in [0.2, 0.25) is 0 Å². The molecule has 71 valence electrons. The van der Waals surface area contributed by atoms with Crippen molar-refractivity contribution in [3.63, 3.8) is 0 Å².